The van der Waals surface area contributed by atoms with Crippen molar-refractivity contribution in [1.29, 1.82) is 0 Å². The molecule has 0 aliphatic carbocycles. The van der Waals surface area contributed by atoms with E-state index in [-0.39, 0.29) is 0 Å². The summed E-state index contributed by atoms with van der Waals surface area (Å²) in [5, 5.41) is 12.2. The number of unbranched alkanes of at least 4 members (excludes halogenated alkanes) is 1. The number of hydrogen-bond acceptors (Lipinski definition) is 2. The van der Waals surface area contributed by atoms with Gasteiger partial charge in [0.2, 0.25) is 0 Å². The maximum atomic E-state index is 11.1. The van der Waals surface area contributed by atoms with Gasteiger partial charge >= 0.3 is 5.97 Å². The fourth-order valence-electron chi connectivity index (χ4n) is 1.69. The molecule has 0 aliphatic heterocycles. The third-order valence-electron chi connectivity index (χ3n) is 2.53. The number of rotatable bonds is 6. The fourth-order valence-corrected chi connectivity index (χ4v) is 2.29. The summed E-state index contributed by atoms with van der Waals surface area (Å²) in [4.78, 5) is 11.1. The highest BCUT2D eigenvalue weighted by Gasteiger charge is 2.16. The highest BCUT2D eigenvalue weighted by molar-refractivity contribution is 9.10. The van der Waals surface area contributed by atoms with E-state index in [1.165, 1.54) is 0 Å². The van der Waals surface area contributed by atoms with Crippen LogP contribution in [-0.2, 0) is 4.79 Å². The minimum atomic E-state index is -0.795. The number of anilines is 1. The monoisotopic (exact) mass is 299 g/mol. The van der Waals surface area contributed by atoms with Gasteiger partial charge in [0.15, 0.2) is 0 Å². The van der Waals surface area contributed by atoms with Crippen molar-refractivity contribution in [2.45, 2.75) is 39.2 Å². The van der Waals surface area contributed by atoms with Crippen LogP contribution in [0.1, 0.15) is 31.7 Å². The minimum absolute atomic E-state index is 0.511. The average molecular weight is 300 g/mol. The van der Waals surface area contributed by atoms with E-state index in [2.05, 4.69) is 28.2 Å². The lowest BCUT2D eigenvalue weighted by molar-refractivity contribution is -0.138. The van der Waals surface area contributed by atoms with Gasteiger partial charge in [0.05, 0.1) is 0 Å². The van der Waals surface area contributed by atoms with E-state index in [0.29, 0.717) is 6.42 Å². The molecular weight excluding hydrogens is 282 g/mol. The smallest absolute Gasteiger partial charge is 0.326 e. The first-order chi connectivity index (χ1) is 8.02. The molecule has 1 aromatic carbocycles. The molecule has 0 amide bonds. The molecule has 0 aliphatic rings. The molecule has 0 aromatic heterocycles. The third kappa shape index (κ3) is 4.77. The minimum Gasteiger partial charge on any atom is -0.480 e. The van der Waals surface area contributed by atoms with Crippen molar-refractivity contribution in [2.75, 3.05) is 5.32 Å². The van der Waals surface area contributed by atoms with Crippen LogP contribution in [0.4, 0.5) is 5.69 Å². The summed E-state index contributed by atoms with van der Waals surface area (Å²) >= 11 is 3.41. The van der Waals surface area contributed by atoms with Crippen molar-refractivity contribution in [2.24, 2.45) is 0 Å². The van der Waals surface area contributed by atoms with Crippen LogP contribution in [0.15, 0.2) is 22.7 Å². The summed E-state index contributed by atoms with van der Waals surface area (Å²) in [6.45, 7) is 4.04. The number of aliphatic carboxylic acids is 1. The largest absolute Gasteiger partial charge is 0.480 e. The SMILES string of the molecule is CCCCC(Nc1cc(C)cc(Br)c1)C(=O)O. The van der Waals surface area contributed by atoms with Crippen LogP contribution in [0.5, 0.6) is 0 Å². The molecule has 1 rings (SSSR count). The zero-order valence-electron chi connectivity index (χ0n) is 10.2. The highest BCUT2D eigenvalue weighted by Crippen LogP contribution is 2.20. The average Bonchev–Trinajstić information content (AvgIpc) is 2.22. The number of nitrogens with one attached hydrogen (secondary N) is 1. The van der Waals surface area contributed by atoms with Crippen molar-refractivity contribution in [1.82, 2.24) is 0 Å². The summed E-state index contributed by atoms with van der Waals surface area (Å²) in [5.41, 5.74) is 1.95. The molecule has 94 valence electrons. The molecule has 0 bridgehead atoms. The Balaban J connectivity index is 2.74. The van der Waals surface area contributed by atoms with Crippen LogP contribution in [-0.4, -0.2) is 17.1 Å². The number of halogens is 1. The first-order valence-corrected chi connectivity index (χ1v) is 6.58. The lowest BCUT2D eigenvalue weighted by Gasteiger charge is -2.16. The maximum Gasteiger partial charge on any atom is 0.326 e. The Labute approximate surface area is 110 Å². The first-order valence-electron chi connectivity index (χ1n) is 5.79. The van der Waals surface area contributed by atoms with Gasteiger partial charge in [-0.3, -0.25) is 0 Å². The molecule has 17 heavy (non-hydrogen) atoms. The van der Waals surface area contributed by atoms with Gasteiger partial charge in [0.1, 0.15) is 6.04 Å². The second-order valence-corrected chi connectivity index (χ2v) is 5.11. The lowest BCUT2D eigenvalue weighted by Crippen LogP contribution is -2.29. The van der Waals surface area contributed by atoms with Crippen LogP contribution in [0, 0.1) is 6.92 Å². The molecule has 0 radical (unpaired) electrons. The van der Waals surface area contributed by atoms with Gasteiger partial charge in [-0.25, -0.2) is 4.79 Å². The van der Waals surface area contributed by atoms with E-state index in [1.807, 2.05) is 25.1 Å². The Morgan fingerprint density at radius 2 is 2.18 bits per heavy atom. The van der Waals surface area contributed by atoms with Crippen LogP contribution in [0.3, 0.4) is 0 Å². The second-order valence-electron chi connectivity index (χ2n) is 4.19. The lowest BCUT2D eigenvalue weighted by atomic mass is 10.1. The second kappa shape index (κ2) is 6.64. The zero-order chi connectivity index (χ0) is 12.8. The predicted octanol–water partition coefficient (Wildman–Crippen LogP) is 3.81. The van der Waals surface area contributed by atoms with Crippen molar-refractivity contribution < 1.29 is 9.90 Å². The van der Waals surface area contributed by atoms with E-state index < -0.39 is 12.0 Å². The topological polar surface area (TPSA) is 49.3 Å². The van der Waals surface area contributed by atoms with Gasteiger partial charge in [0.25, 0.3) is 0 Å². The molecule has 2 N–H and O–H groups in total. The van der Waals surface area contributed by atoms with Crippen LogP contribution in [0.2, 0.25) is 0 Å². The van der Waals surface area contributed by atoms with Crippen LogP contribution < -0.4 is 5.32 Å². The normalized spacial score (nSPS) is 12.2. The number of benzene rings is 1. The molecule has 4 heteroatoms. The number of carboxylic acid groups (broad SMARTS) is 1. The summed E-state index contributed by atoms with van der Waals surface area (Å²) in [7, 11) is 0. The predicted molar refractivity (Wildman–Crippen MR) is 73.5 cm³/mol. The third-order valence-corrected chi connectivity index (χ3v) is 2.99. The fraction of sp³-hybridized carbons (Fsp3) is 0.462. The Kier molecular flexibility index (Phi) is 5.48. The van der Waals surface area contributed by atoms with Crippen molar-refractivity contribution in [3.05, 3.63) is 28.2 Å². The number of aryl methyl sites for hydroxylation is 1. The standard InChI is InChI=1S/C13H18BrNO2/c1-3-4-5-12(13(16)17)15-11-7-9(2)6-10(14)8-11/h6-8,12,15H,3-5H2,1-2H3,(H,16,17). The molecule has 0 saturated heterocycles. The molecule has 0 saturated carbocycles. The Morgan fingerprint density at radius 1 is 1.47 bits per heavy atom. The number of hydrogen-bond donors (Lipinski definition) is 2. The molecule has 3 nitrogen and oxygen atoms in total. The van der Waals surface area contributed by atoms with E-state index in [4.69, 9.17) is 5.11 Å². The highest BCUT2D eigenvalue weighted by atomic mass is 79.9. The Morgan fingerprint density at radius 3 is 2.71 bits per heavy atom. The molecule has 0 fully saturated rings. The number of carbonyl (C=O) groups is 1. The van der Waals surface area contributed by atoms with Crippen molar-refractivity contribution in [3.63, 3.8) is 0 Å². The molecule has 0 heterocycles. The maximum absolute atomic E-state index is 11.1. The van der Waals surface area contributed by atoms with Gasteiger partial charge in [-0.2, -0.15) is 0 Å². The Bertz CT molecular complexity index is 373. The van der Waals surface area contributed by atoms with Crippen molar-refractivity contribution in [3.8, 4) is 0 Å². The Hall–Kier alpha value is -1.03. The van der Waals surface area contributed by atoms with Gasteiger partial charge in [-0.1, -0.05) is 35.7 Å². The first kappa shape index (κ1) is 14.0. The molecule has 1 atom stereocenters. The van der Waals surface area contributed by atoms with E-state index in [9.17, 15) is 4.79 Å². The summed E-state index contributed by atoms with van der Waals surface area (Å²) in [5.74, 6) is -0.795. The number of carboxylic acids is 1. The van der Waals surface area contributed by atoms with E-state index in [1.54, 1.807) is 0 Å². The van der Waals surface area contributed by atoms with Crippen LogP contribution >= 0.6 is 15.9 Å². The summed E-state index contributed by atoms with van der Waals surface area (Å²) in [6.07, 6.45) is 2.57. The zero-order valence-corrected chi connectivity index (χ0v) is 11.8. The van der Waals surface area contributed by atoms with Crippen LogP contribution in [0.25, 0.3) is 0 Å². The van der Waals surface area contributed by atoms with Gasteiger partial charge < -0.3 is 10.4 Å². The van der Waals surface area contributed by atoms with Gasteiger partial charge in [0, 0.05) is 10.2 Å². The van der Waals surface area contributed by atoms with E-state index in [0.717, 1.165) is 28.6 Å². The molecule has 1 unspecified atom stereocenters. The quantitative estimate of drug-likeness (QED) is 0.840. The summed E-state index contributed by atoms with van der Waals surface area (Å²) in [6, 6.07) is 5.33. The van der Waals surface area contributed by atoms with Gasteiger partial charge in [-0.05, 0) is 37.1 Å². The van der Waals surface area contributed by atoms with Crippen molar-refractivity contribution >= 4 is 27.6 Å². The summed E-state index contributed by atoms with van der Waals surface area (Å²) < 4.78 is 0.958. The van der Waals surface area contributed by atoms with Gasteiger partial charge in [-0.15, -0.1) is 0 Å². The molecule has 1 aromatic rings. The molecule has 0 spiro atoms. The van der Waals surface area contributed by atoms with E-state index >= 15 is 0 Å². The molecular formula is C13H18BrNO2.